The Morgan fingerprint density at radius 2 is 1.87 bits per heavy atom. The number of nitrogens with one attached hydrogen (secondary N) is 1. The van der Waals surface area contributed by atoms with E-state index in [1.807, 2.05) is 30.3 Å². The Hall–Kier alpha value is -1.92. The first-order valence-electron chi connectivity index (χ1n) is 12.0. The molecule has 0 bridgehead atoms. The van der Waals surface area contributed by atoms with E-state index in [1.165, 1.54) is 0 Å². The third kappa shape index (κ3) is 7.32. The predicted octanol–water partition coefficient (Wildman–Crippen LogP) is 3.35. The van der Waals surface area contributed by atoms with Gasteiger partial charge in [0.15, 0.2) is 0 Å². The number of ether oxygens (including phenoxy) is 1. The molecular formula is C25H39N3O3. The van der Waals surface area contributed by atoms with E-state index >= 15 is 0 Å². The zero-order valence-corrected chi connectivity index (χ0v) is 19.2. The van der Waals surface area contributed by atoms with Crippen molar-refractivity contribution in [2.45, 2.75) is 83.5 Å². The Bertz CT molecular complexity index is 687. The van der Waals surface area contributed by atoms with E-state index in [-0.39, 0.29) is 17.9 Å². The number of hydrogen-bond donors (Lipinski definition) is 1. The number of amides is 2. The van der Waals surface area contributed by atoms with E-state index in [2.05, 4.69) is 24.1 Å². The largest absolute Gasteiger partial charge is 0.378 e. The van der Waals surface area contributed by atoms with Crippen LogP contribution in [0.25, 0.3) is 0 Å². The minimum absolute atomic E-state index is 0.0311. The third-order valence-electron chi connectivity index (χ3n) is 6.49. The van der Waals surface area contributed by atoms with Crippen LogP contribution in [0, 0.1) is 0 Å². The number of hydrogen-bond acceptors (Lipinski definition) is 4. The third-order valence-corrected chi connectivity index (χ3v) is 6.49. The van der Waals surface area contributed by atoms with E-state index in [0.29, 0.717) is 38.3 Å². The molecule has 6 nitrogen and oxygen atoms in total. The fourth-order valence-corrected chi connectivity index (χ4v) is 4.55. The van der Waals surface area contributed by atoms with Crippen LogP contribution in [0.15, 0.2) is 30.3 Å². The smallest absolute Gasteiger partial charge is 0.242 e. The van der Waals surface area contributed by atoms with E-state index in [1.54, 1.807) is 4.90 Å². The van der Waals surface area contributed by atoms with Gasteiger partial charge in [0, 0.05) is 45.2 Å². The summed E-state index contributed by atoms with van der Waals surface area (Å²) in [6.45, 7) is 8.45. The summed E-state index contributed by atoms with van der Waals surface area (Å²) >= 11 is 0. The number of rotatable bonds is 9. The molecule has 6 heteroatoms. The van der Waals surface area contributed by atoms with E-state index in [0.717, 1.165) is 57.2 Å². The van der Waals surface area contributed by atoms with Gasteiger partial charge in [0.1, 0.15) is 6.04 Å². The first-order chi connectivity index (χ1) is 15.0. The van der Waals surface area contributed by atoms with Gasteiger partial charge in [0.2, 0.25) is 11.8 Å². The van der Waals surface area contributed by atoms with Gasteiger partial charge in [-0.1, -0.05) is 36.8 Å². The molecule has 1 N–H and O–H groups in total. The summed E-state index contributed by atoms with van der Waals surface area (Å²) < 4.78 is 6.03. The standard InChI is InChI=1S/C25H39N3O3/c1-20(2)27-16-13-22(14-17-27)31-18-8-15-26-25(30)23-11-6-7-12-24(29)28(23)19-21-9-4-3-5-10-21/h3-5,9-10,20,22-23H,6-8,11-19H2,1-2H3,(H,26,30). The van der Waals surface area contributed by atoms with Gasteiger partial charge >= 0.3 is 0 Å². The van der Waals surface area contributed by atoms with Crippen molar-refractivity contribution in [1.29, 1.82) is 0 Å². The quantitative estimate of drug-likeness (QED) is 0.612. The van der Waals surface area contributed by atoms with Crippen molar-refractivity contribution in [3.63, 3.8) is 0 Å². The van der Waals surface area contributed by atoms with Crippen LogP contribution in [0.2, 0.25) is 0 Å². The molecular weight excluding hydrogens is 390 g/mol. The molecule has 0 aromatic heterocycles. The van der Waals surface area contributed by atoms with Gasteiger partial charge in [-0.15, -0.1) is 0 Å². The minimum Gasteiger partial charge on any atom is -0.378 e. The summed E-state index contributed by atoms with van der Waals surface area (Å²) in [6.07, 6.45) is 6.34. The maximum atomic E-state index is 12.9. The molecule has 2 amide bonds. The molecule has 2 fully saturated rings. The van der Waals surface area contributed by atoms with Gasteiger partial charge in [-0.2, -0.15) is 0 Å². The maximum absolute atomic E-state index is 12.9. The van der Waals surface area contributed by atoms with Gasteiger partial charge in [0.25, 0.3) is 0 Å². The highest BCUT2D eigenvalue weighted by Gasteiger charge is 2.31. The normalized spacial score (nSPS) is 21.3. The Balaban J connectivity index is 1.41. The highest BCUT2D eigenvalue weighted by molar-refractivity contribution is 5.88. The van der Waals surface area contributed by atoms with E-state index < -0.39 is 0 Å². The van der Waals surface area contributed by atoms with Gasteiger partial charge in [-0.25, -0.2) is 0 Å². The average Bonchev–Trinajstić information content (AvgIpc) is 2.96. The molecule has 31 heavy (non-hydrogen) atoms. The first kappa shape index (κ1) is 23.7. The van der Waals surface area contributed by atoms with Gasteiger partial charge in [0.05, 0.1) is 6.10 Å². The summed E-state index contributed by atoms with van der Waals surface area (Å²) in [4.78, 5) is 29.9. The number of benzene rings is 1. The minimum atomic E-state index is -0.378. The van der Waals surface area contributed by atoms with E-state index in [4.69, 9.17) is 4.74 Å². The maximum Gasteiger partial charge on any atom is 0.242 e. The van der Waals surface area contributed by atoms with Crippen LogP contribution in [-0.2, 0) is 20.9 Å². The van der Waals surface area contributed by atoms with Crippen LogP contribution in [0.4, 0.5) is 0 Å². The van der Waals surface area contributed by atoms with Crippen LogP contribution in [0.5, 0.6) is 0 Å². The van der Waals surface area contributed by atoms with Crippen molar-refractivity contribution >= 4 is 11.8 Å². The molecule has 1 aromatic rings. The van der Waals surface area contributed by atoms with Crippen molar-refractivity contribution in [2.75, 3.05) is 26.2 Å². The summed E-state index contributed by atoms with van der Waals surface area (Å²) in [5, 5.41) is 3.06. The Labute approximate surface area is 187 Å². The summed E-state index contributed by atoms with van der Waals surface area (Å²) in [5.74, 6) is 0.0500. The SMILES string of the molecule is CC(C)N1CCC(OCCCNC(=O)C2CCCCC(=O)N2Cc2ccccc2)CC1. The van der Waals surface area contributed by atoms with E-state index in [9.17, 15) is 9.59 Å². The highest BCUT2D eigenvalue weighted by atomic mass is 16.5. The second-order valence-corrected chi connectivity index (χ2v) is 9.11. The molecule has 2 aliphatic heterocycles. The molecule has 0 aliphatic carbocycles. The number of piperidine rings is 1. The number of nitrogens with zero attached hydrogens (tertiary/aromatic N) is 2. The van der Waals surface area contributed by atoms with Crippen molar-refractivity contribution < 1.29 is 14.3 Å². The lowest BCUT2D eigenvalue weighted by Gasteiger charge is -2.34. The second-order valence-electron chi connectivity index (χ2n) is 9.11. The molecule has 1 atom stereocenters. The fraction of sp³-hybridized carbons (Fsp3) is 0.680. The zero-order valence-electron chi connectivity index (χ0n) is 19.2. The molecule has 0 spiro atoms. The summed E-state index contributed by atoms with van der Waals surface area (Å²) in [7, 11) is 0. The predicted molar refractivity (Wildman–Crippen MR) is 123 cm³/mol. The zero-order chi connectivity index (χ0) is 22.1. The van der Waals surface area contributed by atoms with Crippen molar-refractivity contribution in [2.24, 2.45) is 0 Å². The second kappa shape index (κ2) is 12.2. The molecule has 1 aromatic carbocycles. The number of carbonyl (C=O) groups is 2. The van der Waals surface area contributed by atoms with Crippen LogP contribution in [0.1, 0.15) is 64.4 Å². The van der Waals surface area contributed by atoms with Crippen LogP contribution in [0.3, 0.4) is 0 Å². The number of carbonyl (C=O) groups excluding carboxylic acids is 2. The summed E-state index contributed by atoms with van der Waals surface area (Å²) in [6, 6.07) is 10.2. The summed E-state index contributed by atoms with van der Waals surface area (Å²) in [5.41, 5.74) is 1.06. The van der Waals surface area contributed by atoms with Gasteiger partial charge in [-0.05, 0) is 51.5 Å². The first-order valence-corrected chi connectivity index (χ1v) is 12.0. The number of likely N-dealkylation sites (tertiary alicyclic amines) is 2. The van der Waals surface area contributed by atoms with Crippen molar-refractivity contribution in [1.82, 2.24) is 15.1 Å². The molecule has 0 radical (unpaired) electrons. The topological polar surface area (TPSA) is 61.9 Å². The molecule has 172 valence electrons. The molecule has 3 rings (SSSR count). The lowest BCUT2D eigenvalue weighted by Crippen LogP contribution is -2.48. The van der Waals surface area contributed by atoms with Crippen molar-refractivity contribution in [3.05, 3.63) is 35.9 Å². The Morgan fingerprint density at radius 3 is 2.58 bits per heavy atom. The molecule has 2 saturated heterocycles. The lowest BCUT2D eigenvalue weighted by atomic mass is 10.1. The highest BCUT2D eigenvalue weighted by Crippen LogP contribution is 2.21. The van der Waals surface area contributed by atoms with Crippen molar-refractivity contribution in [3.8, 4) is 0 Å². The molecule has 2 aliphatic rings. The Morgan fingerprint density at radius 1 is 1.13 bits per heavy atom. The average molecular weight is 430 g/mol. The molecule has 1 unspecified atom stereocenters. The van der Waals surface area contributed by atoms with Crippen LogP contribution < -0.4 is 5.32 Å². The van der Waals surface area contributed by atoms with Crippen LogP contribution >= 0.6 is 0 Å². The lowest BCUT2D eigenvalue weighted by molar-refractivity contribution is -0.140. The van der Waals surface area contributed by atoms with Crippen LogP contribution in [-0.4, -0.2) is 66.0 Å². The molecule has 2 heterocycles. The molecule has 0 saturated carbocycles. The fourth-order valence-electron chi connectivity index (χ4n) is 4.55. The van der Waals surface area contributed by atoms with Gasteiger partial charge < -0.3 is 19.9 Å². The van der Waals surface area contributed by atoms with Gasteiger partial charge in [-0.3, -0.25) is 9.59 Å². The monoisotopic (exact) mass is 429 g/mol. The Kier molecular flexibility index (Phi) is 9.34.